The Hall–Kier alpha value is -3.40. The van der Waals surface area contributed by atoms with Crippen molar-refractivity contribution in [2.75, 3.05) is 33.8 Å². The average molecular weight is 1580 g/mol. The number of rotatable bonds is 46. The molecule has 7 N–H and O–H groups in total. The molecule has 0 aliphatic heterocycles. The molecule has 16 atom stereocenters. The van der Waals surface area contributed by atoms with Gasteiger partial charge in [0, 0.05) is 84.9 Å². The Labute approximate surface area is 684 Å². The minimum absolute atomic E-state index is 0. The van der Waals surface area contributed by atoms with Gasteiger partial charge in [0.25, 0.3) is 0 Å². The summed E-state index contributed by atoms with van der Waals surface area (Å²) in [5.74, 6) is 2.66. The van der Waals surface area contributed by atoms with Crippen LogP contribution in [0.2, 0.25) is 0 Å². The standard InChI is InChI=1S/C34H62O4.C30H53N3O6.2C12H26N2O.4CH4/c1-20(2)35-19-24(9)27-12-13-28-32-29(18-31(34(27,28)11)38-23(7)8)33(10)15-14-26(36-21(3)4)16-25(33)17-30(32)37-22(5)6;1-17(2)25(34)14-11-23(29(38)19(5)6)32-27(36)16-13-24(30(39)20(7)8)33-26(35)15-12-22(31-21(9)10)28(37)18(3)4;2*1-9(2)12(15)11(14-10(3)4)7-6-8-13-5;;;;/h20-32H,12-19H2,1-11H3;17-24,31H,11-16H2,1-10H3,(H,32,36)(H,33,35);2*9-11,13-14H,6-8H2,1-5H3;4*1H4/t24-,25?,26?,27?,28?,29?,30?,31?,32?,33?,34?;;11-;;;;;/m1.0...../s1. The molecule has 4 rings (SSSR count). The van der Waals surface area contributed by atoms with Gasteiger partial charge in [-0.15, -0.1) is 0 Å². The molecule has 19 nitrogen and oxygen atoms in total. The first-order chi connectivity index (χ1) is 49.7. The van der Waals surface area contributed by atoms with E-state index in [1.54, 1.807) is 41.5 Å². The van der Waals surface area contributed by atoms with Crippen molar-refractivity contribution in [1.29, 1.82) is 0 Å². The molecule has 0 bridgehead atoms. The van der Waals surface area contributed by atoms with E-state index in [1.807, 2.05) is 69.5 Å². The summed E-state index contributed by atoms with van der Waals surface area (Å²) in [6.45, 7) is 62.4. The van der Waals surface area contributed by atoms with E-state index >= 15 is 0 Å². The first kappa shape index (κ1) is 114. The zero-order chi connectivity index (χ0) is 82.1. The maximum absolute atomic E-state index is 12.8. The predicted octanol–water partition coefficient (Wildman–Crippen LogP) is 17.6. The van der Waals surface area contributed by atoms with Crippen molar-refractivity contribution in [2.45, 2.75) is 431 Å². The molecular weight excluding hydrogens is 1400 g/mol. The van der Waals surface area contributed by atoms with Gasteiger partial charge in [-0.3, -0.25) is 38.4 Å². The van der Waals surface area contributed by atoms with E-state index in [9.17, 15) is 38.4 Å². The lowest BCUT2D eigenvalue weighted by atomic mass is 9.43. The van der Waals surface area contributed by atoms with Crippen LogP contribution in [0, 0.1) is 81.8 Å². The molecular formula is C92H183N7O12. The fraction of sp³-hybridized carbons (Fsp3) is 0.913. The van der Waals surface area contributed by atoms with Crippen LogP contribution in [0.15, 0.2) is 0 Å². The zero-order valence-electron chi connectivity index (χ0n) is 74.1. The maximum Gasteiger partial charge on any atom is 0.220 e. The van der Waals surface area contributed by atoms with E-state index in [4.69, 9.17) is 18.9 Å². The van der Waals surface area contributed by atoms with E-state index in [0.717, 1.165) is 45.4 Å². The van der Waals surface area contributed by atoms with Crippen molar-refractivity contribution in [3.8, 4) is 0 Å². The van der Waals surface area contributed by atoms with Crippen LogP contribution in [0.25, 0.3) is 0 Å². The first-order valence-electron chi connectivity index (χ1n) is 42.7. The molecule has 0 radical (unpaired) electrons. The van der Waals surface area contributed by atoms with Gasteiger partial charge in [0.05, 0.1) is 72.9 Å². The highest BCUT2D eigenvalue weighted by atomic mass is 16.5. The van der Waals surface area contributed by atoms with Crippen molar-refractivity contribution >= 4 is 46.5 Å². The van der Waals surface area contributed by atoms with Crippen molar-refractivity contribution in [3.63, 3.8) is 0 Å². The molecule has 14 unspecified atom stereocenters. The number of ether oxygens (including phenoxy) is 4. The number of carbonyl (C=O) groups excluding carboxylic acids is 8. The molecule has 0 aromatic rings. The minimum Gasteiger partial charge on any atom is -0.379 e. The fourth-order valence-electron chi connectivity index (χ4n) is 17.4. The third kappa shape index (κ3) is 39.6. The summed E-state index contributed by atoms with van der Waals surface area (Å²) >= 11 is 0. The summed E-state index contributed by atoms with van der Waals surface area (Å²) in [5, 5.41) is 21.6. The third-order valence-corrected chi connectivity index (χ3v) is 22.8. The van der Waals surface area contributed by atoms with Gasteiger partial charge in [0.1, 0.15) is 5.78 Å². The Balaban J connectivity index is -0.000000739. The van der Waals surface area contributed by atoms with Crippen LogP contribution >= 0.6 is 0 Å². The van der Waals surface area contributed by atoms with Crippen LogP contribution < -0.4 is 37.2 Å². The number of ketones is 6. The summed E-state index contributed by atoms with van der Waals surface area (Å²) in [5.41, 5.74) is 0.521. The van der Waals surface area contributed by atoms with Gasteiger partial charge in [-0.1, -0.05) is 175 Å². The molecule has 2 amide bonds. The van der Waals surface area contributed by atoms with E-state index in [-0.39, 0.29) is 168 Å². The van der Waals surface area contributed by atoms with Crippen LogP contribution in [0.5, 0.6) is 0 Å². The van der Waals surface area contributed by atoms with Gasteiger partial charge in [0.2, 0.25) is 11.8 Å². The maximum atomic E-state index is 12.8. The third-order valence-electron chi connectivity index (χ3n) is 22.8. The van der Waals surface area contributed by atoms with Crippen LogP contribution in [-0.4, -0.2) is 171 Å². The highest BCUT2D eigenvalue weighted by Crippen LogP contribution is 2.69. The summed E-state index contributed by atoms with van der Waals surface area (Å²) in [6, 6.07) is -1.24. The first-order valence-corrected chi connectivity index (χ1v) is 42.7. The monoisotopic (exact) mass is 1580 g/mol. The molecule has 4 fully saturated rings. The Morgan fingerprint density at radius 2 is 0.784 bits per heavy atom. The average Bonchev–Trinajstić information content (AvgIpc) is 1.67. The van der Waals surface area contributed by atoms with Crippen molar-refractivity contribution in [3.05, 3.63) is 0 Å². The molecule has 19 heteroatoms. The summed E-state index contributed by atoms with van der Waals surface area (Å²) in [4.78, 5) is 99.4. The van der Waals surface area contributed by atoms with Crippen LogP contribution in [0.4, 0.5) is 0 Å². The highest BCUT2D eigenvalue weighted by molar-refractivity contribution is 5.93. The molecule has 0 heterocycles. The normalized spacial score (nSPS) is 23.6. The van der Waals surface area contributed by atoms with Crippen LogP contribution in [0.3, 0.4) is 0 Å². The van der Waals surface area contributed by atoms with Crippen molar-refractivity contribution in [1.82, 2.24) is 37.2 Å². The second-order valence-corrected chi connectivity index (χ2v) is 36.7. The fourth-order valence-corrected chi connectivity index (χ4v) is 17.4. The lowest BCUT2D eigenvalue weighted by Crippen LogP contribution is -2.63. The second-order valence-electron chi connectivity index (χ2n) is 36.7. The van der Waals surface area contributed by atoms with Gasteiger partial charge < -0.3 is 56.2 Å². The van der Waals surface area contributed by atoms with E-state index in [1.165, 1.54) is 44.9 Å². The lowest BCUT2D eigenvalue weighted by Gasteiger charge is -2.65. The van der Waals surface area contributed by atoms with E-state index in [2.05, 4.69) is 141 Å². The van der Waals surface area contributed by atoms with Crippen molar-refractivity contribution in [2.24, 2.45) is 81.8 Å². The molecule has 0 spiro atoms. The number of hydrogen-bond donors (Lipinski definition) is 7. The van der Waals surface area contributed by atoms with Crippen LogP contribution in [-0.2, 0) is 57.3 Å². The Bertz CT molecular complexity index is 2550. The predicted molar refractivity (Wildman–Crippen MR) is 466 cm³/mol. The Kier molecular flexibility index (Phi) is 58.3. The largest absolute Gasteiger partial charge is 0.379 e. The van der Waals surface area contributed by atoms with Gasteiger partial charge in [0.15, 0.2) is 28.9 Å². The summed E-state index contributed by atoms with van der Waals surface area (Å²) < 4.78 is 26.5. The molecule has 658 valence electrons. The lowest BCUT2D eigenvalue weighted by molar-refractivity contribution is -0.238. The number of hydrogen-bond acceptors (Lipinski definition) is 17. The minimum atomic E-state index is -0.859. The van der Waals surface area contributed by atoms with Crippen molar-refractivity contribution < 1.29 is 57.3 Å². The molecule has 4 saturated carbocycles. The Morgan fingerprint density at radius 1 is 0.405 bits per heavy atom. The molecule has 4 aliphatic carbocycles. The van der Waals surface area contributed by atoms with E-state index < -0.39 is 24.0 Å². The Morgan fingerprint density at radius 3 is 1.14 bits per heavy atom. The van der Waals surface area contributed by atoms with Gasteiger partial charge in [-0.05, 0) is 213 Å². The second kappa shape index (κ2) is 56.9. The van der Waals surface area contributed by atoms with Gasteiger partial charge in [-0.25, -0.2) is 0 Å². The molecule has 0 aromatic heterocycles. The number of nitrogens with one attached hydrogen (secondary N) is 7. The highest BCUT2D eigenvalue weighted by Gasteiger charge is 2.67. The quantitative estimate of drug-likeness (QED) is 0.0280. The van der Waals surface area contributed by atoms with Gasteiger partial charge in [-0.2, -0.15) is 0 Å². The molecule has 0 saturated heterocycles. The molecule has 0 aromatic carbocycles. The summed E-state index contributed by atoms with van der Waals surface area (Å²) in [6.07, 6.45) is 15.6. The zero-order valence-corrected chi connectivity index (χ0v) is 74.1. The number of Topliss-reactive ketones (excluding diaryl/α,β-unsaturated/α-hetero) is 6. The number of fused-ring (bicyclic) bond motifs is 5. The SMILES string of the molecule is C.C.C.C.CC(C)NC(CCC(=O)NC(CCC(=O)NC(CCC(=O)C(C)C)C(=O)C(C)C)C(=O)C(C)C)C(=O)C(C)C.CC(C)OC[C@@H](C)C1CCC2C3C(OC(C)C)CC4CC(OC(C)C)CCC4(C)C3CC(OC(C)C)C21C.CNCCCC(NC(C)C)C(=O)C(C)C.CNCCC[C@H](NC(C)C)C(=O)C(C)C. The summed E-state index contributed by atoms with van der Waals surface area (Å²) in [7, 11) is 3.88. The van der Waals surface area contributed by atoms with Gasteiger partial charge >= 0.3 is 0 Å². The number of carbonyl (C=O) groups is 8. The molecule has 4 aliphatic rings. The van der Waals surface area contributed by atoms with E-state index in [0.29, 0.717) is 95.4 Å². The smallest absolute Gasteiger partial charge is 0.220 e. The molecule has 111 heavy (non-hydrogen) atoms. The topological polar surface area (TPSA) is 258 Å². The number of amides is 2. The van der Waals surface area contributed by atoms with Crippen LogP contribution in [0.1, 0.15) is 340 Å².